The first-order chi connectivity index (χ1) is 9.42. The zero-order valence-electron chi connectivity index (χ0n) is 11.2. The van der Waals surface area contributed by atoms with E-state index >= 15 is 0 Å². The van der Waals surface area contributed by atoms with Gasteiger partial charge in [-0.2, -0.15) is 0 Å². The van der Waals surface area contributed by atoms with E-state index in [0.717, 1.165) is 6.07 Å². The molecule has 0 unspecified atom stereocenters. The number of nitrogens with one attached hydrogen (secondary N) is 2. The topological polar surface area (TPSA) is 49.8 Å². The van der Waals surface area contributed by atoms with Gasteiger partial charge in [-0.3, -0.25) is 0 Å². The van der Waals surface area contributed by atoms with Gasteiger partial charge < -0.3 is 10.6 Å². The number of nitrogens with zero attached hydrogens (tertiary/aromatic N) is 2. The molecule has 20 heavy (non-hydrogen) atoms. The van der Waals surface area contributed by atoms with Crippen molar-refractivity contribution in [3.8, 4) is 0 Å². The summed E-state index contributed by atoms with van der Waals surface area (Å²) in [5, 5.41) is 5.46. The first kappa shape index (κ1) is 14.1. The van der Waals surface area contributed by atoms with Crippen LogP contribution in [0.15, 0.2) is 12.1 Å². The van der Waals surface area contributed by atoms with Crippen molar-refractivity contribution < 1.29 is 13.2 Å². The number of hydrogen-bond acceptors (Lipinski definition) is 4. The largest absolute Gasteiger partial charge is 0.373 e. The molecule has 0 bridgehead atoms. The maximum absolute atomic E-state index is 13.6. The average Bonchev–Trinajstić information content (AvgIpc) is 2.39. The quantitative estimate of drug-likeness (QED) is 0.848. The van der Waals surface area contributed by atoms with Crippen molar-refractivity contribution in [1.29, 1.82) is 0 Å². The standard InChI is InChI=1S/C13H13F3N4/c1-6-12(17-3)18-7(2)19-13(6)20-10-5-8(14)4-9(15)11(10)16/h4-5H,1-3H3,(H2,17,18,19,20). The molecule has 1 aromatic heterocycles. The second-order valence-corrected chi connectivity index (χ2v) is 4.22. The molecule has 106 valence electrons. The molecule has 0 radical (unpaired) electrons. The molecule has 4 nitrogen and oxygen atoms in total. The number of rotatable bonds is 3. The van der Waals surface area contributed by atoms with Gasteiger partial charge >= 0.3 is 0 Å². The summed E-state index contributed by atoms with van der Waals surface area (Å²) in [4.78, 5) is 8.25. The molecule has 0 amide bonds. The Morgan fingerprint density at radius 1 is 1.00 bits per heavy atom. The Labute approximate surface area is 114 Å². The Kier molecular flexibility index (Phi) is 3.78. The Balaban J connectivity index is 2.47. The molecule has 0 spiro atoms. The summed E-state index contributed by atoms with van der Waals surface area (Å²) in [6, 6.07) is 1.35. The van der Waals surface area contributed by atoms with E-state index in [4.69, 9.17) is 0 Å². The Bertz CT molecular complexity index is 659. The molecule has 2 N–H and O–H groups in total. The van der Waals surface area contributed by atoms with Crippen molar-refractivity contribution in [2.45, 2.75) is 13.8 Å². The minimum Gasteiger partial charge on any atom is -0.373 e. The lowest BCUT2D eigenvalue weighted by molar-refractivity contribution is 0.498. The molecule has 0 saturated carbocycles. The van der Waals surface area contributed by atoms with Gasteiger partial charge in [-0.1, -0.05) is 0 Å². The molecule has 0 saturated heterocycles. The van der Waals surface area contributed by atoms with E-state index in [9.17, 15) is 13.2 Å². The van der Waals surface area contributed by atoms with E-state index < -0.39 is 17.5 Å². The normalized spacial score (nSPS) is 10.5. The Hall–Kier alpha value is -2.31. The van der Waals surface area contributed by atoms with Crippen LogP contribution in [-0.2, 0) is 0 Å². The van der Waals surface area contributed by atoms with Gasteiger partial charge in [0.1, 0.15) is 23.3 Å². The number of aryl methyl sites for hydroxylation is 1. The van der Waals surface area contributed by atoms with Gasteiger partial charge in [-0.05, 0) is 13.8 Å². The smallest absolute Gasteiger partial charge is 0.182 e. The molecular formula is C13H13F3N4. The molecule has 7 heteroatoms. The van der Waals surface area contributed by atoms with E-state index in [1.807, 2.05) is 0 Å². The fraction of sp³-hybridized carbons (Fsp3) is 0.231. The molecular weight excluding hydrogens is 269 g/mol. The van der Waals surface area contributed by atoms with Gasteiger partial charge in [-0.25, -0.2) is 23.1 Å². The first-order valence-corrected chi connectivity index (χ1v) is 5.87. The van der Waals surface area contributed by atoms with E-state index in [2.05, 4.69) is 20.6 Å². The van der Waals surface area contributed by atoms with E-state index in [0.29, 0.717) is 23.3 Å². The van der Waals surface area contributed by atoms with Gasteiger partial charge in [0.15, 0.2) is 11.6 Å². The number of hydrogen-bond donors (Lipinski definition) is 2. The first-order valence-electron chi connectivity index (χ1n) is 5.87. The van der Waals surface area contributed by atoms with Crippen LogP contribution in [0.25, 0.3) is 0 Å². The maximum Gasteiger partial charge on any atom is 0.182 e. The van der Waals surface area contributed by atoms with Crippen molar-refractivity contribution in [1.82, 2.24) is 9.97 Å². The number of aromatic nitrogens is 2. The third kappa shape index (κ3) is 2.66. The van der Waals surface area contributed by atoms with E-state index in [1.165, 1.54) is 0 Å². The summed E-state index contributed by atoms with van der Waals surface area (Å²) in [5.74, 6) is -2.01. The summed E-state index contributed by atoms with van der Waals surface area (Å²) in [5.41, 5.74) is 0.299. The van der Waals surface area contributed by atoms with Crippen LogP contribution in [0, 0.1) is 31.3 Å². The minimum absolute atomic E-state index is 0.283. The highest BCUT2D eigenvalue weighted by Crippen LogP contribution is 2.26. The summed E-state index contributed by atoms with van der Waals surface area (Å²) >= 11 is 0. The molecule has 0 aliphatic heterocycles. The third-order valence-corrected chi connectivity index (χ3v) is 2.74. The fourth-order valence-electron chi connectivity index (χ4n) is 1.77. The lowest BCUT2D eigenvalue weighted by Gasteiger charge is -2.13. The lowest BCUT2D eigenvalue weighted by atomic mass is 10.2. The molecule has 1 aromatic carbocycles. The van der Waals surface area contributed by atoms with Gasteiger partial charge in [0, 0.05) is 24.7 Å². The zero-order chi connectivity index (χ0) is 14.9. The molecule has 0 atom stereocenters. The molecule has 0 aliphatic carbocycles. The molecule has 0 aliphatic rings. The van der Waals surface area contributed by atoms with Crippen LogP contribution in [0.4, 0.5) is 30.5 Å². The van der Waals surface area contributed by atoms with Crippen molar-refractivity contribution in [2.75, 3.05) is 17.7 Å². The van der Waals surface area contributed by atoms with Crippen molar-refractivity contribution in [3.05, 3.63) is 41.0 Å². The van der Waals surface area contributed by atoms with Crippen LogP contribution in [0.1, 0.15) is 11.4 Å². The number of benzene rings is 1. The molecule has 1 heterocycles. The van der Waals surface area contributed by atoms with Gasteiger partial charge in [0.05, 0.1) is 5.69 Å². The van der Waals surface area contributed by atoms with Crippen molar-refractivity contribution in [3.63, 3.8) is 0 Å². The highest BCUT2D eigenvalue weighted by atomic mass is 19.2. The second kappa shape index (κ2) is 5.36. The second-order valence-electron chi connectivity index (χ2n) is 4.22. The maximum atomic E-state index is 13.6. The average molecular weight is 282 g/mol. The van der Waals surface area contributed by atoms with Crippen LogP contribution in [0.2, 0.25) is 0 Å². The summed E-state index contributed by atoms with van der Waals surface area (Å²) in [6.45, 7) is 3.37. The predicted molar refractivity (Wildman–Crippen MR) is 70.7 cm³/mol. The number of halogens is 3. The van der Waals surface area contributed by atoms with E-state index in [1.54, 1.807) is 20.9 Å². The van der Waals surface area contributed by atoms with E-state index in [-0.39, 0.29) is 11.5 Å². The predicted octanol–water partition coefficient (Wildman–Crippen LogP) is 3.30. The Morgan fingerprint density at radius 2 is 1.65 bits per heavy atom. The van der Waals surface area contributed by atoms with Crippen molar-refractivity contribution >= 4 is 17.3 Å². The highest BCUT2D eigenvalue weighted by Gasteiger charge is 2.14. The molecule has 0 fully saturated rings. The highest BCUT2D eigenvalue weighted by molar-refractivity contribution is 5.65. The van der Waals surface area contributed by atoms with Gasteiger partial charge in [0.2, 0.25) is 0 Å². The molecule has 2 aromatic rings. The summed E-state index contributed by atoms with van der Waals surface area (Å²) in [7, 11) is 1.68. The van der Waals surface area contributed by atoms with Crippen LogP contribution in [0.3, 0.4) is 0 Å². The van der Waals surface area contributed by atoms with Gasteiger partial charge in [0.25, 0.3) is 0 Å². The Morgan fingerprint density at radius 3 is 2.30 bits per heavy atom. The fourth-order valence-corrected chi connectivity index (χ4v) is 1.77. The monoisotopic (exact) mass is 282 g/mol. The van der Waals surface area contributed by atoms with Crippen LogP contribution < -0.4 is 10.6 Å². The van der Waals surface area contributed by atoms with Crippen LogP contribution in [-0.4, -0.2) is 17.0 Å². The minimum atomic E-state index is -1.26. The van der Waals surface area contributed by atoms with Crippen LogP contribution >= 0.6 is 0 Å². The SMILES string of the molecule is CNc1nc(C)nc(Nc2cc(F)cc(F)c2F)c1C. The number of anilines is 3. The lowest BCUT2D eigenvalue weighted by Crippen LogP contribution is -2.06. The van der Waals surface area contributed by atoms with Gasteiger partial charge in [-0.15, -0.1) is 0 Å². The summed E-state index contributed by atoms with van der Waals surface area (Å²) < 4.78 is 39.9. The molecule has 2 rings (SSSR count). The zero-order valence-corrected chi connectivity index (χ0v) is 11.2. The van der Waals surface area contributed by atoms with Crippen LogP contribution in [0.5, 0.6) is 0 Å². The van der Waals surface area contributed by atoms with Crippen molar-refractivity contribution in [2.24, 2.45) is 0 Å². The summed E-state index contributed by atoms with van der Waals surface area (Å²) in [6.07, 6.45) is 0. The third-order valence-electron chi connectivity index (χ3n) is 2.74.